The van der Waals surface area contributed by atoms with Crippen molar-refractivity contribution < 1.29 is 32.5 Å². The third-order valence-corrected chi connectivity index (χ3v) is 4.93. The maximum atomic E-state index is 13.4. The van der Waals surface area contributed by atoms with Gasteiger partial charge in [-0.3, -0.25) is 4.79 Å². The molecule has 1 aliphatic heterocycles. The van der Waals surface area contributed by atoms with E-state index in [0.717, 1.165) is 11.4 Å². The molecular formula is C18H20F3N5O4. The average molecular weight is 427 g/mol. The average Bonchev–Trinajstić information content (AvgIpc) is 3.00. The second kappa shape index (κ2) is 8.45. The molecule has 1 saturated heterocycles. The molecule has 0 aliphatic carbocycles. The van der Waals surface area contributed by atoms with Crippen LogP contribution in [-0.4, -0.2) is 57.2 Å². The Bertz CT molecular complexity index is 985. The van der Waals surface area contributed by atoms with Crippen LogP contribution in [0.5, 0.6) is 0 Å². The maximum Gasteiger partial charge on any atom is 0.397 e. The highest BCUT2D eigenvalue weighted by atomic mass is 19.4. The van der Waals surface area contributed by atoms with E-state index in [1.165, 1.54) is 13.1 Å². The molecule has 3 atom stereocenters. The highest BCUT2D eigenvalue weighted by molar-refractivity contribution is 5.66. The van der Waals surface area contributed by atoms with Crippen LogP contribution in [0.3, 0.4) is 0 Å². The molecule has 2 aromatic rings. The van der Waals surface area contributed by atoms with Crippen molar-refractivity contribution in [3.63, 3.8) is 0 Å². The lowest BCUT2D eigenvalue weighted by molar-refractivity contribution is -0.153. The van der Waals surface area contributed by atoms with E-state index in [1.54, 1.807) is 6.07 Å². The summed E-state index contributed by atoms with van der Waals surface area (Å²) < 4.78 is 51.8. The summed E-state index contributed by atoms with van der Waals surface area (Å²) in [4.78, 5) is 15.4. The minimum Gasteiger partial charge on any atom is -0.458 e. The summed E-state index contributed by atoms with van der Waals surface area (Å²) in [5.74, 6) is -2.50. The van der Waals surface area contributed by atoms with Crippen LogP contribution in [-0.2, 0) is 20.9 Å². The fourth-order valence-corrected chi connectivity index (χ4v) is 3.41. The van der Waals surface area contributed by atoms with Crippen LogP contribution >= 0.6 is 0 Å². The van der Waals surface area contributed by atoms with Gasteiger partial charge in [-0.25, -0.2) is 9.50 Å². The lowest BCUT2D eigenvalue weighted by Gasteiger charge is -2.31. The molecule has 30 heavy (non-hydrogen) atoms. The molecule has 0 spiro atoms. The van der Waals surface area contributed by atoms with Crippen molar-refractivity contribution in [2.24, 2.45) is 0 Å². The first-order valence-electron chi connectivity index (χ1n) is 9.17. The van der Waals surface area contributed by atoms with E-state index < -0.39 is 36.8 Å². The topological polar surface area (TPSA) is 122 Å². The number of ether oxygens (including phenoxy) is 2. The number of nitrogens with one attached hydrogen (secondary N) is 1. The molecule has 9 nitrogen and oxygen atoms in total. The summed E-state index contributed by atoms with van der Waals surface area (Å²) in [5.41, 5.74) is -0.524. The summed E-state index contributed by atoms with van der Waals surface area (Å²) in [6, 6.07) is 1.33. The van der Waals surface area contributed by atoms with Crippen LogP contribution in [0.2, 0.25) is 0 Å². The number of alkyl halides is 3. The number of nitrogens with zero attached hydrogens (tertiary/aromatic N) is 4. The van der Waals surface area contributed by atoms with Gasteiger partial charge in [-0.15, -0.1) is 5.10 Å². The molecule has 3 unspecified atom stereocenters. The first-order valence-corrected chi connectivity index (χ1v) is 9.17. The molecule has 162 valence electrons. The van der Waals surface area contributed by atoms with E-state index >= 15 is 0 Å². The highest BCUT2D eigenvalue weighted by Gasteiger charge is 2.41. The number of fused-ring (bicyclic) bond motifs is 1. The number of halogens is 3. The minimum absolute atomic E-state index is 0.00819. The summed E-state index contributed by atoms with van der Waals surface area (Å²) in [5, 5.41) is 26.2. The lowest BCUT2D eigenvalue weighted by atomic mass is 10.0. The van der Waals surface area contributed by atoms with Crippen LogP contribution in [0, 0.1) is 11.3 Å². The largest absolute Gasteiger partial charge is 0.458 e. The Hall–Kier alpha value is -2.91. The van der Waals surface area contributed by atoms with Gasteiger partial charge in [0.25, 0.3) is 0 Å². The molecule has 3 rings (SSSR count). The summed E-state index contributed by atoms with van der Waals surface area (Å²) in [7, 11) is 0. The number of hydrogen-bond acceptors (Lipinski definition) is 8. The second-order valence-electron chi connectivity index (χ2n) is 6.91. The molecule has 3 heterocycles. The molecule has 0 aromatic carbocycles. The van der Waals surface area contributed by atoms with Gasteiger partial charge in [0.2, 0.25) is 5.95 Å². The van der Waals surface area contributed by atoms with Crippen molar-refractivity contribution in [3.8, 4) is 6.07 Å². The van der Waals surface area contributed by atoms with Gasteiger partial charge in [-0.1, -0.05) is 0 Å². The predicted molar refractivity (Wildman–Crippen MR) is 96.5 cm³/mol. The number of esters is 1. The molecule has 2 aromatic heterocycles. The number of carbonyl (C=O) groups is 1. The number of carbonyl (C=O) groups excluding carboxylic acids is 1. The molecule has 1 fully saturated rings. The molecule has 1 aliphatic rings. The third-order valence-electron chi connectivity index (χ3n) is 4.93. The van der Waals surface area contributed by atoms with E-state index in [4.69, 9.17) is 9.47 Å². The summed E-state index contributed by atoms with van der Waals surface area (Å²) >= 11 is 0. The van der Waals surface area contributed by atoms with E-state index in [1.807, 2.05) is 0 Å². The first kappa shape index (κ1) is 21.8. The number of aromatic nitrogens is 3. The third kappa shape index (κ3) is 4.17. The van der Waals surface area contributed by atoms with Crippen LogP contribution in [0.15, 0.2) is 6.20 Å². The van der Waals surface area contributed by atoms with Gasteiger partial charge in [-0.2, -0.15) is 18.4 Å². The zero-order valence-corrected chi connectivity index (χ0v) is 16.2. The molecule has 0 radical (unpaired) electrons. The van der Waals surface area contributed by atoms with E-state index in [2.05, 4.69) is 15.4 Å². The number of hydrogen-bond donors (Lipinski definition) is 2. The zero-order chi connectivity index (χ0) is 22.1. The maximum absolute atomic E-state index is 13.4. The van der Waals surface area contributed by atoms with Gasteiger partial charge in [0.1, 0.15) is 12.2 Å². The predicted octanol–water partition coefficient (Wildman–Crippen LogP) is 1.89. The fraction of sp³-hybridized carbons (Fsp3) is 0.556. The standard InChI is InChI=1S/C18H20F3N5O4/c1-9(18(19,20)21)16-11(5-22)12(7-27)14-6-23-17(25-26(14)16)24-13-3-4-29-8-15(13)30-10(2)28/h6,9,13,15,27H,3-4,7-8H2,1-2H3,(H,24,25). The summed E-state index contributed by atoms with van der Waals surface area (Å²) in [6.07, 6.45) is -3.53. The molecule has 0 bridgehead atoms. The fourth-order valence-electron chi connectivity index (χ4n) is 3.41. The van der Waals surface area contributed by atoms with Gasteiger partial charge in [0, 0.05) is 19.1 Å². The number of aliphatic hydroxyl groups excluding tert-OH is 1. The molecular weight excluding hydrogens is 407 g/mol. The quantitative estimate of drug-likeness (QED) is 0.694. The van der Waals surface area contributed by atoms with Crippen molar-refractivity contribution in [1.82, 2.24) is 14.6 Å². The van der Waals surface area contributed by atoms with Crippen molar-refractivity contribution >= 4 is 17.4 Å². The Morgan fingerprint density at radius 1 is 1.57 bits per heavy atom. The van der Waals surface area contributed by atoms with E-state index in [9.17, 15) is 28.3 Å². The van der Waals surface area contributed by atoms with Gasteiger partial charge in [0.15, 0.2) is 0 Å². The lowest BCUT2D eigenvalue weighted by Crippen LogP contribution is -2.44. The van der Waals surface area contributed by atoms with Gasteiger partial charge < -0.3 is 19.9 Å². The van der Waals surface area contributed by atoms with Crippen LogP contribution in [0.4, 0.5) is 19.1 Å². The van der Waals surface area contributed by atoms with Crippen LogP contribution < -0.4 is 5.32 Å². The Balaban J connectivity index is 2.04. The van der Waals surface area contributed by atoms with Crippen LogP contribution in [0.1, 0.15) is 43.0 Å². The van der Waals surface area contributed by atoms with E-state index in [0.29, 0.717) is 13.0 Å². The van der Waals surface area contributed by atoms with Crippen molar-refractivity contribution in [2.45, 2.75) is 51.1 Å². The van der Waals surface area contributed by atoms with Crippen LogP contribution in [0.25, 0.3) is 5.52 Å². The molecule has 12 heteroatoms. The van der Waals surface area contributed by atoms with Crippen molar-refractivity contribution in [3.05, 3.63) is 23.0 Å². The monoisotopic (exact) mass is 427 g/mol. The number of nitriles is 1. The smallest absolute Gasteiger partial charge is 0.397 e. The Labute approximate surface area is 169 Å². The Morgan fingerprint density at radius 3 is 2.90 bits per heavy atom. The van der Waals surface area contributed by atoms with Gasteiger partial charge in [-0.05, 0) is 13.3 Å². The Morgan fingerprint density at radius 2 is 2.30 bits per heavy atom. The van der Waals surface area contributed by atoms with E-state index in [-0.39, 0.29) is 34.9 Å². The first-order chi connectivity index (χ1) is 14.2. The summed E-state index contributed by atoms with van der Waals surface area (Å²) in [6.45, 7) is 2.10. The number of rotatable bonds is 5. The number of anilines is 1. The number of aliphatic hydroxyl groups is 1. The zero-order valence-electron chi connectivity index (χ0n) is 16.2. The van der Waals surface area contributed by atoms with Crippen molar-refractivity contribution in [1.29, 1.82) is 5.26 Å². The highest BCUT2D eigenvalue weighted by Crippen LogP contribution is 2.38. The second-order valence-corrected chi connectivity index (χ2v) is 6.91. The SMILES string of the molecule is CC(=O)OC1COCCC1Nc1ncc2c(CO)c(C#N)c(C(C)C(F)(F)F)n2n1. The molecule has 0 amide bonds. The normalized spacial score (nSPS) is 20.6. The minimum atomic E-state index is -4.62. The van der Waals surface area contributed by atoms with Crippen molar-refractivity contribution in [2.75, 3.05) is 18.5 Å². The molecule has 0 saturated carbocycles. The van der Waals surface area contributed by atoms with Gasteiger partial charge >= 0.3 is 12.1 Å². The molecule has 2 N–H and O–H groups in total. The van der Waals surface area contributed by atoms with Gasteiger partial charge in [0.05, 0.1) is 48.1 Å². The Kier molecular flexibility index (Phi) is 6.14.